The number of aliphatic hydroxyl groups excluding tert-OH is 1. The standard InChI is InChI=1S/C14H20N2O2/c1-12-15-8-5-9-16(12)10-13(17)11-18-14-6-3-2-4-7-14/h2-4,6-7,13,17H,5,8-11H2,1H3. The molecule has 0 bridgehead atoms. The van der Waals surface area contributed by atoms with Crippen LogP contribution in [0.2, 0.25) is 0 Å². The minimum absolute atomic E-state index is 0.313. The highest BCUT2D eigenvalue weighted by Crippen LogP contribution is 2.09. The van der Waals surface area contributed by atoms with Crippen molar-refractivity contribution in [2.45, 2.75) is 19.4 Å². The van der Waals surface area contributed by atoms with Crippen LogP contribution in [0.1, 0.15) is 13.3 Å². The van der Waals surface area contributed by atoms with E-state index in [1.807, 2.05) is 37.3 Å². The van der Waals surface area contributed by atoms with E-state index in [0.717, 1.165) is 31.1 Å². The molecular formula is C14H20N2O2. The van der Waals surface area contributed by atoms with Crippen molar-refractivity contribution in [2.24, 2.45) is 4.99 Å². The minimum atomic E-state index is -0.492. The van der Waals surface area contributed by atoms with Crippen LogP contribution in [-0.4, -0.2) is 48.2 Å². The highest BCUT2D eigenvalue weighted by molar-refractivity contribution is 5.80. The summed E-state index contributed by atoms with van der Waals surface area (Å²) >= 11 is 0. The molecule has 1 unspecified atom stereocenters. The molecule has 4 heteroatoms. The lowest BCUT2D eigenvalue weighted by Crippen LogP contribution is -2.41. The second kappa shape index (κ2) is 6.40. The minimum Gasteiger partial charge on any atom is -0.491 e. The number of amidine groups is 1. The van der Waals surface area contributed by atoms with Crippen molar-refractivity contribution in [3.05, 3.63) is 30.3 Å². The Kier molecular flexibility index (Phi) is 4.59. The number of β-amino-alcohol motifs (C(OH)–C–C–N with tert-alkyl or cyclic N) is 1. The van der Waals surface area contributed by atoms with Crippen molar-refractivity contribution in [1.29, 1.82) is 0 Å². The first-order valence-corrected chi connectivity index (χ1v) is 6.37. The Morgan fingerprint density at radius 3 is 2.89 bits per heavy atom. The molecule has 1 aromatic carbocycles. The van der Waals surface area contributed by atoms with Crippen LogP contribution in [0.4, 0.5) is 0 Å². The summed E-state index contributed by atoms with van der Waals surface area (Å²) < 4.78 is 5.53. The summed E-state index contributed by atoms with van der Waals surface area (Å²) in [6.07, 6.45) is 0.567. The van der Waals surface area contributed by atoms with E-state index in [2.05, 4.69) is 9.89 Å². The van der Waals surface area contributed by atoms with Gasteiger partial charge in [-0.05, 0) is 25.5 Å². The fourth-order valence-electron chi connectivity index (χ4n) is 2.00. The molecule has 1 aliphatic heterocycles. The largest absolute Gasteiger partial charge is 0.491 e. The number of hydrogen-bond acceptors (Lipinski definition) is 4. The summed E-state index contributed by atoms with van der Waals surface area (Å²) in [5.41, 5.74) is 0. The van der Waals surface area contributed by atoms with E-state index in [4.69, 9.17) is 4.74 Å². The summed E-state index contributed by atoms with van der Waals surface area (Å²) in [4.78, 5) is 6.49. The average Bonchev–Trinajstić information content (AvgIpc) is 2.40. The monoisotopic (exact) mass is 248 g/mol. The molecule has 1 heterocycles. The fourth-order valence-corrected chi connectivity index (χ4v) is 2.00. The lowest BCUT2D eigenvalue weighted by molar-refractivity contribution is 0.0855. The Bertz CT molecular complexity index is 392. The molecule has 0 fully saturated rings. The maximum atomic E-state index is 9.96. The molecule has 1 aliphatic rings. The van der Waals surface area contributed by atoms with Crippen molar-refractivity contribution < 1.29 is 9.84 Å². The van der Waals surface area contributed by atoms with Crippen LogP contribution in [0.5, 0.6) is 5.75 Å². The van der Waals surface area contributed by atoms with Crippen LogP contribution >= 0.6 is 0 Å². The van der Waals surface area contributed by atoms with Gasteiger partial charge in [-0.3, -0.25) is 4.99 Å². The fraction of sp³-hybridized carbons (Fsp3) is 0.500. The Morgan fingerprint density at radius 1 is 1.39 bits per heavy atom. The van der Waals surface area contributed by atoms with Crippen LogP contribution in [0.15, 0.2) is 35.3 Å². The molecule has 1 N–H and O–H groups in total. The maximum Gasteiger partial charge on any atom is 0.119 e. The summed E-state index contributed by atoms with van der Waals surface area (Å²) in [6, 6.07) is 9.56. The topological polar surface area (TPSA) is 45.1 Å². The Hall–Kier alpha value is -1.55. The zero-order valence-corrected chi connectivity index (χ0v) is 10.7. The Morgan fingerprint density at radius 2 is 2.17 bits per heavy atom. The van der Waals surface area contributed by atoms with E-state index < -0.39 is 6.10 Å². The number of para-hydroxylation sites is 1. The normalized spacial score (nSPS) is 17.2. The van der Waals surface area contributed by atoms with E-state index in [1.165, 1.54) is 0 Å². The first-order chi connectivity index (χ1) is 8.75. The van der Waals surface area contributed by atoms with Gasteiger partial charge in [0, 0.05) is 19.6 Å². The van der Waals surface area contributed by atoms with Gasteiger partial charge < -0.3 is 14.7 Å². The van der Waals surface area contributed by atoms with Gasteiger partial charge in [-0.25, -0.2) is 0 Å². The van der Waals surface area contributed by atoms with Gasteiger partial charge in [0.2, 0.25) is 0 Å². The van der Waals surface area contributed by atoms with Gasteiger partial charge in [-0.2, -0.15) is 0 Å². The zero-order chi connectivity index (χ0) is 12.8. The quantitative estimate of drug-likeness (QED) is 0.860. The van der Waals surface area contributed by atoms with E-state index in [-0.39, 0.29) is 0 Å². The number of aliphatic imine (C=N–C) groups is 1. The molecule has 0 amide bonds. The van der Waals surface area contributed by atoms with Crippen molar-refractivity contribution in [1.82, 2.24) is 4.90 Å². The van der Waals surface area contributed by atoms with E-state index in [0.29, 0.717) is 13.2 Å². The molecule has 2 rings (SSSR count). The number of nitrogens with zero attached hydrogens (tertiary/aromatic N) is 2. The highest BCUT2D eigenvalue weighted by atomic mass is 16.5. The summed E-state index contributed by atoms with van der Waals surface area (Å²) in [5, 5.41) is 9.96. The molecule has 1 aromatic rings. The van der Waals surface area contributed by atoms with Gasteiger partial charge >= 0.3 is 0 Å². The van der Waals surface area contributed by atoms with Crippen molar-refractivity contribution in [3.63, 3.8) is 0 Å². The Balaban J connectivity index is 1.77. The van der Waals surface area contributed by atoms with Crippen LogP contribution in [-0.2, 0) is 0 Å². The second-order valence-electron chi connectivity index (χ2n) is 4.51. The van der Waals surface area contributed by atoms with Crippen molar-refractivity contribution >= 4 is 5.84 Å². The van der Waals surface area contributed by atoms with E-state index >= 15 is 0 Å². The molecule has 0 aromatic heterocycles. The van der Waals surface area contributed by atoms with Crippen molar-refractivity contribution in [3.8, 4) is 5.75 Å². The van der Waals surface area contributed by atoms with Gasteiger partial charge in [0.25, 0.3) is 0 Å². The lowest BCUT2D eigenvalue weighted by atomic mass is 10.2. The molecule has 0 spiro atoms. The lowest BCUT2D eigenvalue weighted by Gasteiger charge is -2.29. The van der Waals surface area contributed by atoms with E-state index in [9.17, 15) is 5.11 Å². The van der Waals surface area contributed by atoms with Crippen LogP contribution in [0, 0.1) is 0 Å². The molecule has 98 valence electrons. The van der Waals surface area contributed by atoms with Gasteiger partial charge in [0.1, 0.15) is 18.5 Å². The van der Waals surface area contributed by atoms with Crippen LogP contribution in [0.3, 0.4) is 0 Å². The summed E-state index contributed by atoms with van der Waals surface area (Å²) in [5.74, 6) is 1.81. The number of aliphatic hydroxyl groups is 1. The van der Waals surface area contributed by atoms with Crippen molar-refractivity contribution in [2.75, 3.05) is 26.2 Å². The summed E-state index contributed by atoms with van der Waals surface area (Å²) in [7, 11) is 0. The molecule has 0 radical (unpaired) electrons. The SMILES string of the molecule is CC1=NCCCN1CC(O)COc1ccccc1. The molecule has 0 aliphatic carbocycles. The number of hydrogen-bond donors (Lipinski definition) is 1. The number of ether oxygens (including phenoxy) is 1. The molecule has 18 heavy (non-hydrogen) atoms. The van der Waals surface area contributed by atoms with E-state index in [1.54, 1.807) is 0 Å². The first kappa shape index (κ1) is 12.9. The third-order valence-electron chi connectivity index (χ3n) is 3.00. The van der Waals surface area contributed by atoms with Crippen LogP contribution < -0.4 is 4.74 Å². The predicted molar refractivity (Wildman–Crippen MR) is 72.1 cm³/mol. The highest BCUT2D eigenvalue weighted by Gasteiger charge is 2.15. The molecule has 0 saturated carbocycles. The number of benzene rings is 1. The average molecular weight is 248 g/mol. The zero-order valence-electron chi connectivity index (χ0n) is 10.7. The molecule has 1 atom stereocenters. The third-order valence-corrected chi connectivity index (χ3v) is 3.00. The van der Waals surface area contributed by atoms with Crippen LogP contribution in [0.25, 0.3) is 0 Å². The van der Waals surface area contributed by atoms with Gasteiger partial charge in [0.15, 0.2) is 0 Å². The molecule has 0 saturated heterocycles. The summed E-state index contributed by atoms with van der Waals surface area (Å²) in [6.45, 7) is 4.76. The smallest absolute Gasteiger partial charge is 0.119 e. The molecule has 4 nitrogen and oxygen atoms in total. The molecular weight excluding hydrogens is 228 g/mol. The number of rotatable bonds is 5. The van der Waals surface area contributed by atoms with Gasteiger partial charge in [-0.15, -0.1) is 0 Å². The maximum absolute atomic E-state index is 9.96. The predicted octanol–water partition coefficient (Wildman–Crippen LogP) is 1.55. The van der Waals surface area contributed by atoms with Gasteiger partial charge in [-0.1, -0.05) is 18.2 Å². The first-order valence-electron chi connectivity index (χ1n) is 6.37. The third kappa shape index (κ3) is 3.74. The van der Waals surface area contributed by atoms with Gasteiger partial charge in [0.05, 0.1) is 5.84 Å². The second-order valence-corrected chi connectivity index (χ2v) is 4.51. The Labute approximate surface area is 108 Å².